The minimum atomic E-state index is -0.866. The molecule has 92 valence electrons. The van der Waals surface area contributed by atoms with Crippen molar-refractivity contribution in [2.75, 3.05) is 13.1 Å². The summed E-state index contributed by atoms with van der Waals surface area (Å²) in [6.07, 6.45) is 2.60. The van der Waals surface area contributed by atoms with Gasteiger partial charge in [-0.3, -0.25) is 9.59 Å². The third-order valence-corrected chi connectivity index (χ3v) is 3.16. The molecule has 0 saturated carbocycles. The van der Waals surface area contributed by atoms with E-state index < -0.39 is 11.4 Å². The fourth-order valence-electron chi connectivity index (χ4n) is 2.07. The van der Waals surface area contributed by atoms with E-state index in [4.69, 9.17) is 5.11 Å². The predicted octanol–water partition coefficient (Wildman–Crippen LogP) is 1.00. The second-order valence-corrected chi connectivity index (χ2v) is 4.58. The number of carboxylic acid groups (broad SMARTS) is 1. The van der Waals surface area contributed by atoms with Gasteiger partial charge in [-0.1, -0.05) is 5.16 Å². The number of carbonyl (C=O) groups is 2. The van der Waals surface area contributed by atoms with Crippen LogP contribution in [-0.4, -0.2) is 40.1 Å². The Morgan fingerprint density at radius 3 is 2.94 bits per heavy atom. The molecule has 2 rings (SSSR count). The van der Waals surface area contributed by atoms with E-state index in [1.807, 2.05) is 0 Å². The quantitative estimate of drug-likeness (QED) is 0.831. The van der Waals surface area contributed by atoms with Gasteiger partial charge in [0.15, 0.2) is 5.69 Å². The highest BCUT2D eigenvalue weighted by molar-refractivity contribution is 5.92. The molecule has 0 aromatic carbocycles. The first-order chi connectivity index (χ1) is 8.03. The maximum Gasteiger partial charge on any atom is 0.311 e. The van der Waals surface area contributed by atoms with Crippen LogP contribution in [0.2, 0.25) is 0 Å². The fourth-order valence-corrected chi connectivity index (χ4v) is 2.07. The topological polar surface area (TPSA) is 83.6 Å². The zero-order chi connectivity index (χ0) is 12.5. The zero-order valence-electron chi connectivity index (χ0n) is 9.55. The number of carboxylic acids is 1. The van der Waals surface area contributed by atoms with Crippen LogP contribution in [0.15, 0.2) is 16.9 Å². The lowest BCUT2D eigenvalue weighted by Crippen LogP contribution is -2.48. The van der Waals surface area contributed by atoms with Gasteiger partial charge in [-0.2, -0.15) is 0 Å². The highest BCUT2D eigenvalue weighted by atomic mass is 16.5. The molecular formula is C11H14N2O4. The number of aromatic nitrogens is 1. The summed E-state index contributed by atoms with van der Waals surface area (Å²) in [4.78, 5) is 24.7. The Labute approximate surface area is 98.2 Å². The molecule has 1 N–H and O–H groups in total. The van der Waals surface area contributed by atoms with Crippen molar-refractivity contribution in [3.05, 3.63) is 18.0 Å². The van der Waals surface area contributed by atoms with Crippen molar-refractivity contribution in [2.45, 2.75) is 19.8 Å². The van der Waals surface area contributed by atoms with Crippen LogP contribution in [0.25, 0.3) is 0 Å². The Bertz CT molecular complexity index is 429. The maximum absolute atomic E-state index is 12.0. The predicted molar refractivity (Wildman–Crippen MR) is 57.4 cm³/mol. The lowest BCUT2D eigenvalue weighted by molar-refractivity contribution is -0.150. The van der Waals surface area contributed by atoms with Gasteiger partial charge in [-0.15, -0.1) is 0 Å². The summed E-state index contributed by atoms with van der Waals surface area (Å²) in [5.41, 5.74) is -0.642. The Morgan fingerprint density at radius 2 is 2.35 bits per heavy atom. The molecule has 1 unspecified atom stereocenters. The normalized spacial score (nSPS) is 24.6. The molecule has 1 aliphatic rings. The number of rotatable bonds is 2. The Hall–Kier alpha value is -1.85. The first-order valence-electron chi connectivity index (χ1n) is 5.46. The molecule has 17 heavy (non-hydrogen) atoms. The van der Waals surface area contributed by atoms with Crippen molar-refractivity contribution in [1.29, 1.82) is 0 Å². The van der Waals surface area contributed by atoms with E-state index in [1.54, 1.807) is 6.92 Å². The van der Waals surface area contributed by atoms with Gasteiger partial charge in [0, 0.05) is 19.2 Å². The Morgan fingerprint density at radius 1 is 1.59 bits per heavy atom. The van der Waals surface area contributed by atoms with Crippen molar-refractivity contribution in [3.63, 3.8) is 0 Å². The van der Waals surface area contributed by atoms with E-state index in [-0.39, 0.29) is 18.1 Å². The van der Waals surface area contributed by atoms with Gasteiger partial charge in [-0.25, -0.2) is 0 Å². The highest BCUT2D eigenvalue weighted by Gasteiger charge is 2.39. The number of hydrogen-bond acceptors (Lipinski definition) is 4. The second kappa shape index (κ2) is 4.20. The van der Waals surface area contributed by atoms with Gasteiger partial charge in [0.1, 0.15) is 6.26 Å². The smallest absolute Gasteiger partial charge is 0.311 e. The Kier molecular flexibility index (Phi) is 2.87. The SMILES string of the molecule is CC1(C(=O)O)CCCN(C(=O)c2ccon2)C1. The van der Waals surface area contributed by atoms with Crippen LogP contribution in [0.5, 0.6) is 0 Å². The molecule has 6 nitrogen and oxygen atoms in total. The van der Waals surface area contributed by atoms with E-state index in [0.717, 1.165) is 0 Å². The van der Waals surface area contributed by atoms with Crippen molar-refractivity contribution in [2.24, 2.45) is 5.41 Å². The largest absolute Gasteiger partial charge is 0.481 e. The molecule has 1 fully saturated rings. The van der Waals surface area contributed by atoms with Crippen LogP contribution in [0.1, 0.15) is 30.3 Å². The van der Waals surface area contributed by atoms with E-state index in [9.17, 15) is 9.59 Å². The third-order valence-electron chi connectivity index (χ3n) is 3.16. The van der Waals surface area contributed by atoms with Crippen molar-refractivity contribution in [1.82, 2.24) is 10.1 Å². The molecule has 1 atom stereocenters. The lowest BCUT2D eigenvalue weighted by Gasteiger charge is -2.37. The average Bonchev–Trinajstić information content (AvgIpc) is 2.81. The summed E-state index contributed by atoms with van der Waals surface area (Å²) < 4.78 is 4.61. The first-order valence-corrected chi connectivity index (χ1v) is 5.46. The molecule has 1 saturated heterocycles. The second-order valence-electron chi connectivity index (χ2n) is 4.58. The van der Waals surface area contributed by atoms with Crippen LogP contribution in [0, 0.1) is 5.41 Å². The summed E-state index contributed by atoms with van der Waals surface area (Å²) in [6.45, 7) is 2.44. The van der Waals surface area contributed by atoms with Crippen molar-refractivity contribution < 1.29 is 19.2 Å². The molecular weight excluding hydrogens is 224 g/mol. The van der Waals surface area contributed by atoms with E-state index in [2.05, 4.69) is 9.68 Å². The summed E-state index contributed by atoms with van der Waals surface area (Å²) in [6, 6.07) is 1.48. The van der Waals surface area contributed by atoms with Gasteiger partial charge in [0.25, 0.3) is 5.91 Å². The number of nitrogens with zero attached hydrogens (tertiary/aromatic N) is 2. The number of hydrogen-bond donors (Lipinski definition) is 1. The molecule has 0 radical (unpaired) electrons. The van der Waals surface area contributed by atoms with E-state index in [0.29, 0.717) is 19.4 Å². The van der Waals surface area contributed by atoms with Crippen LogP contribution in [0.4, 0.5) is 0 Å². The number of carbonyl (C=O) groups excluding carboxylic acids is 1. The fraction of sp³-hybridized carbons (Fsp3) is 0.545. The molecule has 1 aromatic rings. The summed E-state index contributed by atoms with van der Waals surface area (Å²) in [5.74, 6) is -1.14. The van der Waals surface area contributed by atoms with Gasteiger partial charge >= 0.3 is 5.97 Å². The lowest BCUT2D eigenvalue weighted by atomic mass is 9.82. The number of piperidine rings is 1. The molecule has 0 spiro atoms. The number of amides is 1. The van der Waals surface area contributed by atoms with Crippen molar-refractivity contribution >= 4 is 11.9 Å². The Balaban J connectivity index is 2.13. The average molecular weight is 238 g/mol. The molecule has 1 amide bonds. The van der Waals surface area contributed by atoms with Gasteiger partial charge in [0.2, 0.25) is 0 Å². The molecule has 6 heteroatoms. The zero-order valence-corrected chi connectivity index (χ0v) is 9.55. The van der Waals surface area contributed by atoms with Crippen molar-refractivity contribution in [3.8, 4) is 0 Å². The van der Waals surface area contributed by atoms with Gasteiger partial charge in [-0.05, 0) is 19.8 Å². The number of likely N-dealkylation sites (tertiary alicyclic amines) is 1. The van der Waals surface area contributed by atoms with Crippen LogP contribution >= 0.6 is 0 Å². The van der Waals surface area contributed by atoms with Crippen LogP contribution < -0.4 is 0 Å². The van der Waals surface area contributed by atoms with Crippen LogP contribution in [0.3, 0.4) is 0 Å². The first kappa shape index (κ1) is 11.6. The molecule has 1 aliphatic heterocycles. The van der Waals surface area contributed by atoms with Crippen LogP contribution in [-0.2, 0) is 4.79 Å². The number of aliphatic carboxylic acids is 1. The van der Waals surface area contributed by atoms with E-state index in [1.165, 1.54) is 17.2 Å². The van der Waals surface area contributed by atoms with Gasteiger partial charge in [0.05, 0.1) is 5.41 Å². The summed E-state index contributed by atoms with van der Waals surface area (Å²) in [7, 11) is 0. The summed E-state index contributed by atoms with van der Waals surface area (Å²) >= 11 is 0. The summed E-state index contributed by atoms with van der Waals surface area (Å²) in [5, 5.41) is 12.7. The molecule has 2 heterocycles. The van der Waals surface area contributed by atoms with E-state index >= 15 is 0 Å². The third kappa shape index (κ3) is 2.15. The highest BCUT2D eigenvalue weighted by Crippen LogP contribution is 2.30. The monoisotopic (exact) mass is 238 g/mol. The van der Waals surface area contributed by atoms with Gasteiger partial charge < -0.3 is 14.5 Å². The minimum absolute atomic E-state index is 0.216. The molecule has 0 aliphatic carbocycles. The maximum atomic E-state index is 12.0. The molecule has 1 aromatic heterocycles. The molecule has 0 bridgehead atoms. The minimum Gasteiger partial charge on any atom is -0.481 e. The standard InChI is InChI=1S/C11H14N2O4/c1-11(10(15)16)4-2-5-13(7-11)9(14)8-3-6-17-12-8/h3,6H,2,4-5,7H2,1H3,(H,15,16).